The van der Waals surface area contributed by atoms with Crippen LogP contribution in [-0.2, 0) is 0 Å². The molecule has 2 aromatic heterocycles. The maximum absolute atomic E-state index is 10.7. The molecule has 0 aliphatic rings. The van der Waals surface area contributed by atoms with Crippen LogP contribution < -0.4 is 5.73 Å². The topological polar surface area (TPSA) is 94.0 Å². The van der Waals surface area contributed by atoms with E-state index < -0.39 is 5.97 Å². The summed E-state index contributed by atoms with van der Waals surface area (Å²) in [7, 11) is 0. The van der Waals surface area contributed by atoms with Crippen LogP contribution in [-0.4, -0.2) is 25.6 Å². The number of aromatic carboxylic acids is 1. The lowest BCUT2D eigenvalue weighted by Crippen LogP contribution is -2.04. The predicted octanol–water partition coefficient (Wildman–Crippen LogP) is 1.70. The Hall–Kier alpha value is -2.89. The number of hydrogen-bond donors (Lipinski definition) is 2. The first-order valence-electron chi connectivity index (χ1n) is 5.57. The van der Waals surface area contributed by atoms with E-state index in [9.17, 15) is 4.79 Å². The second kappa shape index (κ2) is 4.09. The van der Waals surface area contributed by atoms with Crippen LogP contribution in [0.3, 0.4) is 0 Å². The van der Waals surface area contributed by atoms with Crippen LogP contribution in [0.5, 0.6) is 0 Å². The molecule has 0 bridgehead atoms. The molecule has 3 aromatic rings. The standard InChI is InChI=1S/C13H10N4O2/c14-9-1-2-11-8(5-9)3-4-17(11)12-7-15-10(6-16-12)13(18)19/h1-7H,14H2,(H,18,19). The molecule has 19 heavy (non-hydrogen) atoms. The predicted molar refractivity (Wildman–Crippen MR) is 70.2 cm³/mol. The molecule has 0 amide bonds. The highest BCUT2D eigenvalue weighted by Gasteiger charge is 2.08. The maximum Gasteiger partial charge on any atom is 0.356 e. The molecule has 3 rings (SSSR count). The van der Waals surface area contributed by atoms with E-state index in [0.717, 1.165) is 10.9 Å². The first-order chi connectivity index (χ1) is 9.15. The highest BCUT2D eigenvalue weighted by molar-refractivity contribution is 5.86. The Morgan fingerprint density at radius 2 is 2.05 bits per heavy atom. The van der Waals surface area contributed by atoms with Gasteiger partial charge < -0.3 is 10.8 Å². The van der Waals surface area contributed by atoms with Gasteiger partial charge in [-0.15, -0.1) is 0 Å². The zero-order valence-electron chi connectivity index (χ0n) is 9.82. The van der Waals surface area contributed by atoms with Crippen molar-refractivity contribution in [1.29, 1.82) is 0 Å². The Kier molecular flexibility index (Phi) is 2.42. The van der Waals surface area contributed by atoms with Gasteiger partial charge in [-0.05, 0) is 24.3 Å². The highest BCUT2D eigenvalue weighted by Crippen LogP contribution is 2.21. The van der Waals surface area contributed by atoms with Crippen LogP contribution in [0.1, 0.15) is 10.5 Å². The van der Waals surface area contributed by atoms with Crippen molar-refractivity contribution in [3.05, 3.63) is 48.5 Å². The van der Waals surface area contributed by atoms with E-state index in [4.69, 9.17) is 10.8 Å². The van der Waals surface area contributed by atoms with Crippen molar-refractivity contribution in [2.75, 3.05) is 5.73 Å². The molecule has 0 unspecified atom stereocenters. The molecule has 0 fully saturated rings. The van der Waals surface area contributed by atoms with Crippen LogP contribution in [0.15, 0.2) is 42.9 Å². The van der Waals surface area contributed by atoms with Gasteiger partial charge >= 0.3 is 5.97 Å². The summed E-state index contributed by atoms with van der Waals surface area (Å²) in [6.07, 6.45) is 4.51. The van der Waals surface area contributed by atoms with Gasteiger partial charge in [0, 0.05) is 17.3 Å². The zero-order chi connectivity index (χ0) is 13.4. The van der Waals surface area contributed by atoms with E-state index in [0.29, 0.717) is 11.5 Å². The zero-order valence-corrected chi connectivity index (χ0v) is 9.82. The minimum absolute atomic E-state index is 0.0792. The van der Waals surface area contributed by atoms with Gasteiger partial charge in [0.25, 0.3) is 0 Å². The summed E-state index contributed by atoms with van der Waals surface area (Å²) in [5.41, 5.74) is 7.27. The lowest BCUT2D eigenvalue weighted by Gasteiger charge is -2.04. The van der Waals surface area contributed by atoms with Crippen molar-refractivity contribution in [2.24, 2.45) is 0 Å². The molecule has 0 aliphatic carbocycles. The van der Waals surface area contributed by atoms with Crippen LogP contribution in [0, 0.1) is 0 Å². The average molecular weight is 254 g/mol. The number of hydrogen-bond acceptors (Lipinski definition) is 4. The van der Waals surface area contributed by atoms with E-state index in [-0.39, 0.29) is 5.69 Å². The van der Waals surface area contributed by atoms with Gasteiger partial charge in [0.2, 0.25) is 0 Å². The SMILES string of the molecule is Nc1ccc2c(ccn2-c2cnc(C(=O)O)cn2)c1. The van der Waals surface area contributed by atoms with Gasteiger partial charge in [0.15, 0.2) is 11.5 Å². The van der Waals surface area contributed by atoms with Crippen LogP contribution in [0.2, 0.25) is 0 Å². The molecule has 6 heteroatoms. The number of carboxylic acids is 1. The average Bonchev–Trinajstić information content (AvgIpc) is 2.81. The molecule has 0 atom stereocenters. The Bertz CT molecular complexity index is 762. The number of carboxylic acid groups (broad SMARTS) is 1. The molecule has 2 heterocycles. The minimum atomic E-state index is -1.09. The molecule has 0 radical (unpaired) electrons. The van der Waals surface area contributed by atoms with E-state index in [1.54, 1.807) is 6.07 Å². The van der Waals surface area contributed by atoms with Gasteiger partial charge in [-0.25, -0.2) is 14.8 Å². The lowest BCUT2D eigenvalue weighted by molar-refractivity contribution is 0.0690. The number of rotatable bonds is 2. The van der Waals surface area contributed by atoms with Gasteiger partial charge in [-0.3, -0.25) is 4.57 Å². The van der Waals surface area contributed by atoms with E-state index in [1.807, 2.05) is 29.0 Å². The second-order valence-electron chi connectivity index (χ2n) is 4.07. The monoisotopic (exact) mass is 254 g/mol. The summed E-state index contributed by atoms with van der Waals surface area (Å²) in [6.45, 7) is 0. The minimum Gasteiger partial charge on any atom is -0.476 e. The largest absolute Gasteiger partial charge is 0.476 e. The number of nitrogens with zero attached hydrogens (tertiary/aromatic N) is 3. The maximum atomic E-state index is 10.7. The molecule has 6 nitrogen and oxygen atoms in total. The molecule has 3 N–H and O–H groups in total. The van der Waals surface area contributed by atoms with Gasteiger partial charge in [-0.2, -0.15) is 0 Å². The quantitative estimate of drug-likeness (QED) is 0.679. The molecule has 0 saturated heterocycles. The highest BCUT2D eigenvalue weighted by atomic mass is 16.4. The van der Waals surface area contributed by atoms with Crippen molar-refractivity contribution in [3.63, 3.8) is 0 Å². The fourth-order valence-corrected chi connectivity index (χ4v) is 1.92. The molecule has 94 valence electrons. The van der Waals surface area contributed by atoms with E-state index in [2.05, 4.69) is 9.97 Å². The summed E-state index contributed by atoms with van der Waals surface area (Å²) in [4.78, 5) is 18.7. The summed E-state index contributed by atoms with van der Waals surface area (Å²) >= 11 is 0. The number of fused-ring (bicyclic) bond motifs is 1. The fraction of sp³-hybridized carbons (Fsp3) is 0. The van der Waals surface area contributed by atoms with Gasteiger partial charge in [0.05, 0.1) is 17.9 Å². The summed E-state index contributed by atoms with van der Waals surface area (Å²) in [5, 5.41) is 9.78. The van der Waals surface area contributed by atoms with Crippen LogP contribution in [0.25, 0.3) is 16.7 Å². The van der Waals surface area contributed by atoms with Crippen molar-refractivity contribution in [2.45, 2.75) is 0 Å². The molecular formula is C13H10N4O2. The van der Waals surface area contributed by atoms with Crippen molar-refractivity contribution >= 4 is 22.6 Å². The molecular weight excluding hydrogens is 244 g/mol. The first-order valence-corrected chi connectivity index (χ1v) is 5.57. The smallest absolute Gasteiger partial charge is 0.356 e. The van der Waals surface area contributed by atoms with Crippen molar-refractivity contribution < 1.29 is 9.90 Å². The summed E-state index contributed by atoms with van der Waals surface area (Å²) in [6, 6.07) is 7.47. The first kappa shape index (κ1) is 11.2. The molecule has 1 aromatic carbocycles. The number of aromatic nitrogens is 3. The third-order valence-corrected chi connectivity index (χ3v) is 2.82. The number of nitrogens with two attached hydrogens (primary N) is 1. The molecule has 0 spiro atoms. The Labute approximate surface area is 108 Å². The van der Waals surface area contributed by atoms with E-state index >= 15 is 0 Å². The fourth-order valence-electron chi connectivity index (χ4n) is 1.92. The van der Waals surface area contributed by atoms with Gasteiger partial charge in [-0.1, -0.05) is 0 Å². The Morgan fingerprint density at radius 1 is 1.21 bits per heavy atom. The Balaban J connectivity index is 2.11. The normalized spacial score (nSPS) is 10.7. The number of nitrogen functional groups attached to an aromatic ring is 1. The van der Waals surface area contributed by atoms with Crippen molar-refractivity contribution in [3.8, 4) is 5.82 Å². The molecule has 0 aliphatic heterocycles. The Morgan fingerprint density at radius 3 is 2.74 bits per heavy atom. The van der Waals surface area contributed by atoms with E-state index in [1.165, 1.54) is 12.4 Å². The number of anilines is 1. The van der Waals surface area contributed by atoms with Gasteiger partial charge in [0.1, 0.15) is 0 Å². The second-order valence-corrected chi connectivity index (χ2v) is 4.07. The van der Waals surface area contributed by atoms with Crippen LogP contribution >= 0.6 is 0 Å². The summed E-state index contributed by atoms with van der Waals surface area (Å²) < 4.78 is 1.83. The third kappa shape index (κ3) is 1.89. The lowest BCUT2D eigenvalue weighted by atomic mass is 10.2. The number of carbonyl (C=O) groups is 1. The third-order valence-electron chi connectivity index (χ3n) is 2.82. The summed E-state index contributed by atoms with van der Waals surface area (Å²) in [5.74, 6) is -0.533. The number of benzene rings is 1. The van der Waals surface area contributed by atoms with Crippen LogP contribution in [0.4, 0.5) is 5.69 Å². The molecule has 0 saturated carbocycles. The van der Waals surface area contributed by atoms with Crippen molar-refractivity contribution in [1.82, 2.24) is 14.5 Å².